The van der Waals surface area contributed by atoms with E-state index in [9.17, 15) is 14.7 Å². The van der Waals surface area contributed by atoms with Crippen LogP contribution in [-0.4, -0.2) is 115 Å². The van der Waals surface area contributed by atoms with Gasteiger partial charge in [0.25, 0.3) is 0 Å². The van der Waals surface area contributed by atoms with Crippen LogP contribution < -0.4 is 17.0 Å². The lowest BCUT2D eigenvalue weighted by atomic mass is 9.44. The molecule has 0 aromatic rings. The van der Waals surface area contributed by atoms with Gasteiger partial charge in [0.1, 0.15) is 12.1 Å². The van der Waals surface area contributed by atoms with Gasteiger partial charge in [-0.3, -0.25) is 19.4 Å². The van der Waals surface area contributed by atoms with Gasteiger partial charge >= 0.3 is 11.9 Å². The van der Waals surface area contributed by atoms with Crippen molar-refractivity contribution in [2.45, 2.75) is 116 Å². The second kappa shape index (κ2) is 13.5. The average Bonchev–Trinajstić information content (AvgIpc) is 3.27. The third-order valence-electron chi connectivity index (χ3n) is 14.2. The van der Waals surface area contributed by atoms with Crippen molar-refractivity contribution in [1.82, 2.24) is 9.80 Å². The molecular formula is C36H60BrN3O5. The number of nitrogens with zero attached hydrogens (tertiary/aromatic N) is 3. The predicted octanol–water partition coefficient (Wildman–Crippen LogP) is 1.26. The number of piperazine rings is 1. The Hall–Kier alpha value is -1.00. The molecule has 2 heterocycles. The summed E-state index contributed by atoms with van der Waals surface area (Å²) in [4.78, 5) is 29.9. The molecule has 4 aliphatic carbocycles. The fourth-order valence-corrected chi connectivity index (χ4v) is 11.9. The highest BCUT2D eigenvalue weighted by atomic mass is 79.9. The van der Waals surface area contributed by atoms with Crippen molar-refractivity contribution in [2.24, 2.45) is 34.5 Å². The van der Waals surface area contributed by atoms with Crippen LogP contribution in [0.15, 0.2) is 12.7 Å². The number of hydrogen-bond acceptors (Lipinski definition) is 7. The molecule has 6 fully saturated rings. The van der Waals surface area contributed by atoms with Crippen LogP contribution in [0.4, 0.5) is 0 Å². The first-order valence-electron chi connectivity index (χ1n) is 17.8. The van der Waals surface area contributed by atoms with Gasteiger partial charge in [0.15, 0.2) is 6.10 Å². The van der Waals surface area contributed by atoms with Gasteiger partial charge in [-0.1, -0.05) is 20.4 Å². The summed E-state index contributed by atoms with van der Waals surface area (Å²) in [5.74, 6) is 2.06. The molecule has 256 valence electrons. The lowest BCUT2D eigenvalue weighted by Gasteiger charge is -2.62. The summed E-state index contributed by atoms with van der Waals surface area (Å²) in [5, 5.41) is 10.2. The Morgan fingerprint density at radius 2 is 1.60 bits per heavy atom. The molecule has 9 heteroatoms. The monoisotopic (exact) mass is 693 g/mol. The largest absolute Gasteiger partial charge is 1.00 e. The smallest absolute Gasteiger partial charge is 0.303 e. The van der Waals surface area contributed by atoms with Gasteiger partial charge in [-0.05, 0) is 93.6 Å². The molecule has 1 N–H and O–H groups in total. The van der Waals surface area contributed by atoms with Crippen LogP contribution in [0.25, 0.3) is 0 Å². The lowest BCUT2D eigenvalue weighted by Crippen LogP contribution is -3.00. The van der Waals surface area contributed by atoms with Crippen molar-refractivity contribution < 1.29 is 45.6 Å². The number of hydrogen-bond donors (Lipinski definition) is 1. The maximum Gasteiger partial charge on any atom is 0.303 e. The number of halogens is 1. The Balaban J connectivity index is 0.00000400. The van der Waals surface area contributed by atoms with E-state index in [-0.39, 0.29) is 64.1 Å². The number of esters is 2. The number of aliphatic hydroxyl groups excluding tert-OH is 1. The minimum atomic E-state index is -0.215. The standard InChI is InChI=1S/C36H60N3O5.BrH/c1-7-18-39(19-16-37(6)17-20-39)32-22-30-28-9-8-26-21-33(43-24(2)40)31(38-14-11-27(42)12-15-38)23-36(26,5)29(28)10-13-35(30,4)34(32)44-25(3)41;/h7,26-34,42H,1,8-23H2,2-6H3;1H/q+1;/p-1/t26-,28?,29?,30?,31-,32-,33-,34-,35-,36-;/m0./s1. The number of rotatable bonds is 6. The molecule has 4 saturated carbocycles. The molecule has 10 atom stereocenters. The molecule has 0 aromatic heterocycles. The van der Waals surface area contributed by atoms with Crippen molar-refractivity contribution >= 4 is 11.9 Å². The number of aliphatic hydroxyl groups is 1. The van der Waals surface area contributed by atoms with E-state index in [1.165, 1.54) is 19.3 Å². The Bertz CT molecular complexity index is 1090. The normalized spacial score (nSPS) is 43.6. The van der Waals surface area contributed by atoms with E-state index in [1.807, 2.05) is 0 Å². The molecular weight excluding hydrogens is 634 g/mol. The molecule has 2 aliphatic heterocycles. The number of likely N-dealkylation sites (N-methyl/N-ethyl adjacent to an activating group) is 1. The van der Waals surface area contributed by atoms with E-state index in [4.69, 9.17) is 9.47 Å². The van der Waals surface area contributed by atoms with Crippen LogP contribution in [0.1, 0.15) is 85.5 Å². The zero-order chi connectivity index (χ0) is 31.4. The molecule has 0 radical (unpaired) electrons. The Kier molecular flexibility index (Phi) is 10.6. The van der Waals surface area contributed by atoms with Crippen LogP contribution in [0.3, 0.4) is 0 Å². The van der Waals surface area contributed by atoms with Crippen molar-refractivity contribution in [3.8, 4) is 0 Å². The van der Waals surface area contributed by atoms with Gasteiger partial charge in [0, 0.05) is 57.9 Å². The van der Waals surface area contributed by atoms with Crippen LogP contribution in [0, 0.1) is 34.5 Å². The van der Waals surface area contributed by atoms with Gasteiger partial charge in [-0.2, -0.15) is 0 Å². The quantitative estimate of drug-likeness (QED) is 0.255. The topological polar surface area (TPSA) is 79.3 Å². The van der Waals surface area contributed by atoms with Crippen molar-refractivity contribution in [3.63, 3.8) is 0 Å². The van der Waals surface area contributed by atoms with E-state index in [2.05, 4.69) is 43.3 Å². The summed E-state index contributed by atoms with van der Waals surface area (Å²) < 4.78 is 13.5. The van der Waals surface area contributed by atoms with Gasteiger partial charge < -0.3 is 36.0 Å². The maximum absolute atomic E-state index is 12.7. The number of carbonyl (C=O) groups is 2. The van der Waals surface area contributed by atoms with Crippen molar-refractivity contribution in [3.05, 3.63) is 12.7 Å². The molecule has 6 aliphatic rings. The molecule has 0 bridgehead atoms. The lowest BCUT2D eigenvalue weighted by molar-refractivity contribution is -0.952. The number of quaternary nitrogens is 1. The van der Waals surface area contributed by atoms with Crippen molar-refractivity contribution in [2.75, 3.05) is 52.9 Å². The molecule has 45 heavy (non-hydrogen) atoms. The fraction of sp³-hybridized carbons (Fsp3) is 0.889. The van der Waals surface area contributed by atoms with Gasteiger partial charge in [-0.15, -0.1) is 0 Å². The molecule has 0 spiro atoms. The van der Waals surface area contributed by atoms with Gasteiger partial charge in [0.05, 0.1) is 25.7 Å². The zero-order valence-electron chi connectivity index (χ0n) is 28.6. The number of ether oxygens (including phenoxy) is 2. The molecule has 6 rings (SSSR count). The highest BCUT2D eigenvalue weighted by molar-refractivity contribution is 5.66. The summed E-state index contributed by atoms with van der Waals surface area (Å²) in [6.45, 7) is 19.4. The van der Waals surface area contributed by atoms with E-state index in [0.717, 1.165) is 88.8 Å². The summed E-state index contributed by atoms with van der Waals surface area (Å²) in [6, 6.07) is 0.536. The first-order valence-corrected chi connectivity index (χ1v) is 17.8. The van der Waals surface area contributed by atoms with Gasteiger partial charge in [-0.25, -0.2) is 0 Å². The average molecular weight is 695 g/mol. The fourth-order valence-electron chi connectivity index (χ4n) is 11.9. The minimum absolute atomic E-state index is 0. The number of fused-ring (bicyclic) bond motifs is 5. The first-order chi connectivity index (χ1) is 20.9. The van der Waals surface area contributed by atoms with Crippen LogP contribution in [0.5, 0.6) is 0 Å². The summed E-state index contributed by atoms with van der Waals surface area (Å²) in [7, 11) is 2.22. The first kappa shape index (κ1) is 35.3. The van der Waals surface area contributed by atoms with Gasteiger partial charge in [0.2, 0.25) is 0 Å². The Labute approximate surface area is 282 Å². The van der Waals surface area contributed by atoms with E-state index >= 15 is 0 Å². The zero-order valence-corrected chi connectivity index (χ0v) is 30.2. The maximum atomic E-state index is 12.7. The van der Waals surface area contributed by atoms with E-state index in [1.54, 1.807) is 13.8 Å². The molecule has 0 aromatic carbocycles. The Morgan fingerprint density at radius 1 is 0.933 bits per heavy atom. The molecule has 3 unspecified atom stereocenters. The Morgan fingerprint density at radius 3 is 2.22 bits per heavy atom. The van der Waals surface area contributed by atoms with Crippen LogP contribution in [0.2, 0.25) is 0 Å². The number of carbonyl (C=O) groups excluding carboxylic acids is 2. The SMILES string of the molecule is C=CC[N+]1([C@H]2CC3C4CC[C@H]5C[C@H](OC(C)=O)[C@@H](N6CCC(O)CC6)C[C@]5(C)C4CC[C@]3(C)[C@H]2OC(C)=O)CCN(C)CC1.[Br-]. The summed E-state index contributed by atoms with van der Waals surface area (Å²) >= 11 is 0. The van der Waals surface area contributed by atoms with E-state index < -0.39 is 0 Å². The molecule has 8 nitrogen and oxygen atoms in total. The second-order valence-corrected chi connectivity index (χ2v) is 16.4. The molecule has 0 amide bonds. The predicted molar refractivity (Wildman–Crippen MR) is 171 cm³/mol. The van der Waals surface area contributed by atoms with Crippen LogP contribution in [-0.2, 0) is 19.1 Å². The molecule has 2 saturated heterocycles. The number of piperidine rings is 1. The van der Waals surface area contributed by atoms with Crippen LogP contribution >= 0.6 is 0 Å². The van der Waals surface area contributed by atoms with E-state index in [0.29, 0.717) is 29.7 Å². The van der Waals surface area contributed by atoms with Crippen molar-refractivity contribution in [1.29, 1.82) is 0 Å². The third-order valence-corrected chi connectivity index (χ3v) is 14.2. The third kappa shape index (κ3) is 6.31. The highest BCUT2D eigenvalue weighted by Gasteiger charge is 2.67. The minimum Gasteiger partial charge on any atom is -1.00 e. The second-order valence-electron chi connectivity index (χ2n) is 16.4. The number of likely N-dealkylation sites (tertiary alicyclic amines) is 1. The summed E-state index contributed by atoms with van der Waals surface area (Å²) in [5.41, 5.74) is 0.186. The summed E-state index contributed by atoms with van der Waals surface area (Å²) in [6.07, 6.45) is 11.2. The highest BCUT2D eigenvalue weighted by Crippen LogP contribution is 2.67.